The van der Waals surface area contributed by atoms with Crippen LogP contribution < -0.4 is 0 Å². The lowest BCUT2D eigenvalue weighted by Gasteiger charge is -2.26. The Kier molecular flexibility index (Phi) is 2.44. The molecule has 1 N–H and O–H groups in total. The summed E-state index contributed by atoms with van der Waals surface area (Å²) in [6, 6.07) is 9.85. The summed E-state index contributed by atoms with van der Waals surface area (Å²) < 4.78 is 5.65. The third kappa shape index (κ3) is 1.74. The van der Waals surface area contributed by atoms with E-state index in [0.717, 1.165) is 17.4 Å². The standard InChI is InChI=1S/C14H16O2/c15-12(8-10-4-3-5-10)14-9-11-6-1-2-7-13(11)16-14/h1-2,6-7,9-10,12,15H,3-5,8H2. The molecule has 1 aliphatic rings. The third-order valence-electron chi connectivity index (χ3n) is 3.55. The van der Waals surface area contributed by atoms with Crippen LogP contribution in [0.3, 0.4) is 0 Å². The van der Waals surface area contributed by atoms with Crippen LogP contribution in [0.5, 0.6) is 0 Å². The summed E-state index contributed by atoms with van der Waals surface area (Å²) in [7, 11) is 0. The first-order valence-electron chi connectivity index (χ1n) is 5.99. The fourth-order valence-corrected chi connectivity index (χ4v) is 2.33. The topological polar surface area (TPSA) is 33.4 Å². The normalized spacial score (nSPS) is 18.6. The summed E-state index contributed by atoms with van der Waals surface area (Å²) in [4.78, 5) is 0. The van der Waals surface area contributed by atoms with Crippen LogP contribution in [0.1, 0.15) is 37.5 Å². The van der Waals surface area contributed by atoms with Crippen molar-refractivity contribution in [2.45, 2.75) is 31.8 Å². The summed E-state index contributed by atoms with van der Waals surface area (Å²) in [5, 5.41) is 11.1. The first-order chi connectivity index (χ1) is 7.83. The zero-order valence-electron chi connectivity index (χ0n) is 9.23. The Bertz CT molecular complexity index is 449. The molecule has 1 aliphatic carbocycles. The smallest absolute Gasteiger partial charge is 0.134 e. The fraction of sp³-hybridized carbons (Fsp3) is 0.429. The molecule has 2 heteroatoms. The van der Waals surface area contributed by atoms with Gasteiger partial charge in [-0.15, -0.1) is 0 Å². The van der Waals surface area contributed by atoms with Gasteiger partial charge in [0.25, 0.3) is 0 Å². The Balaban J connectivity index is 1.81. The molecule has 1 fully saturated rings. The van der Waals surface area contributed by atoms with E-state index in [4.69, 9.17) is 4.42 Å². The van der Waals surface area contributed by atoms with Crippen LogP contribution in [0.2, 0.25) is 0 Å². The second-order valence-electron chi connectivity index (χ2n) is 4.74. The van der Waals surface area contributed by atoms with E-state index in [0.29, 0.717) is 11.7 Å². The van der Waals surface area contributed by atoms with Gasteiger partial charge >= 0.3 is 0 Å². The zero-order chi connectivity index (χ0) is 11.0. The quantitative estimate of drug-likeness (QED) is 0.849. The first kappa shape index (κ1) is 9.91. The summed E-state index contributed by atoms with van der Waals surface area (Å²) >= 11 is 0. The second kappa shape index (κ2) is 3.95. The number of aliphatic hydroxyl groups is 1. The summed E-state index contributed by atoms with van der Waals surface area (Å²) in [5.74, 6) is 1.41. The number of hydrogen-bond donors (Lipinski definition) is 1. The summed E-state index contributed by atoms with van der Waals surface area (Å²) in [6.07, 6.45) is 4.25. The van der Waals surface area contributed by atoms with Crippen LogP contribution in [-0.2, 0) is 0 Å². The van der Waals surface area contributed by atoms with E-state index in [-0.39, 0.29) is 0 Å². The van der Waals surface area contributed by atoms with Gasteiger partial charge in [0.05, 0.1) is 0 Å². The van der Waals surface area contributed by atoms with E-state index in [2.05, 4.69) is 0 Å². The van der Waals surface area contributed by atoms with Crippen molar-refractivity contribution in [1.29, 1.82) is 0 Å². The molecule has 0 radical (unpaired) electrons. The van der Waals surface area contributed by atoms with Crippen molar-refractivity contribution in [2.75, 3.05) is 0 Å². The van der Waals surface area contributed by atoms with Crippen molar-refractivity contribution in [3.8, 4) is 0 Å². The van der Waals surface area contributed by atoms with Gasteiger partial charge in [-0.25, -0.2) is 0 Å². The lowest BCUT2D eigenvalue weighted by Crippen LogP contribution is -2.14. The minimum Gasteiger partial charge on any atom is -0.458 e. The van der Waals surface area contributed by atoms with Crippen LogP contribution >= 0.6 is 0 Å². The molecule has 1 aromatic heterocycles. The van der Waals surface area contributed by atoms with Gasteiger partial charge < -0.3 is 9.52 Å². The van der Waals surface area contributed by atoms with Gasteiger partial charge in [0.2, 0.25) is 0 Å². The van der Waals surface area contributed by atoms with Crippen molar-refractivity contribution in [2.24, 2.45) is 5.92 Å². The Morgan fingerprint density at radius 2 is 2.12 bits per heavy atom. The van der Waals surface area contributed by atoms with Crippen molar-refractivity contribution in [1.82, 2.24) is 0 Å². The third-order valence-corrected chi connectivity index (χ3v) is 3.55. The highest BCUT2D eigenvalue weighted by Crippen LogP contribution is 2.35. The van der Waals surface area contributed by atoms with Gasteiger partial charge in [-0.3, -0.25) is 0 Å². The maximum absolute atomic E-state index is 10.1. The molecule has 2 aromatic rings. The Hall–Kier alpha value is -1.28. The van der Waals surface area contributed by atoms with Crippen LogP contribution in [0.15, 0.2) is 34.7 Å². The molecule has 16 heavy (non-hydrogen) atoms. The molecule has 2 nitrogen and oxygen atoms in total. The van der Waals surface area contributed by atoms with E-state index in [1.165, 1.54) is 19.3 Å². The molecule has 84 valence electrons. The molecular weight excluding hydrogens is 200 g/mol. The SMILES string of the molecule is OC(CC1CCC1)c1cc2ccccc2o1. The Morgan fingerprint density at radius 3 is 2.81 bits per heavy atom. The number of hydrogen-bond acceptors (Lipinski definition) is 2. The highest BCUT2D eigenvalue weighted by molar-refractivity contribution is 5.77. The molecule has 0 spiro atoms. The number of fused-ring (bicyclic) bond motifs is 1. The Labute approximate surface area is 94.9 Å². The van der Waals surface area contributed by atoms with Crippen LogP contribution in [0.25, 0.3) is 11.0 Å². The first-order valence-corrected chi connectivity index (χ1v) is 5.99. The molecule has 1 atom stereocenters. The molecule has 3 rings (SSSR count). The van der Waals surface area contributed by atoms with Crippen molar-refractivity contribution < 1.29 is 9.52 Å². The monoisotopic (exact) mass is 216 g/mol. The van der Waals surface area contributed by atoms with Gasteiger partial charge in [-0.2, -0.15) is 0 Å². The second-order valence-corrected chi connectivity index (χ2v) is 4.74. The lowest BCUT2D eigenvalue weighted by atomic mass is 9.81. The van der Waals surface area contributed by atoms with Gasteiger partial charge in [0.1, 0.15) is 17.4 Å². The zero-order valence-corrected chi connectivity index (χ0v) is 9.23. The highest BCUT2D eigenvalue weighted by Gasteiger charge is 2.23. The largest absolute Gasteiger partial charge is 0.458 e. The number of benzene rings is 1. The predicted octanol–water partition coefficient (Wildman–Crippen LogP) is 3.66. The molecule has 1 saturated carbocycles. The minimum atomic E-state index is -0.433. The molecule has 1 aromatic carbocycles. The number of furan rings is 1. The number of para-hydroxylation sites is 1. The number of rotatable bonds is 3. The average Bonchev–Trinajstić information content (AvgIpc) is 2.66. The summed E-state index contributed by atoms with van der Waals surface area (Å²) in [5.41, 5.74) is 0.866. The predicted molar refractivity (Wildman–Crippen MR) is 63.1 cm³/mol. The van der Waals surface area contributed by atoms with Gasteiger partial charge in [-0.1, -0.05) is 37.5 Å². The molecule has 1 heterocycles. The molecule has 0 aliphatic heterocycles. The van der Waals surface area contributed by atoms with Crippen molar-refractivity contribution in [3.05, 3.63) is 36.1 Å². The van der Waals surface area contributed by atoms with Crippen LogP contribution in [-0.4, -0.2) is 5.11 Å². The lowest BCUT2D eigenvalue weighted by molar-refractivity contribution is 0.1000. The fourth-order valence-electron chi connectivity index (χ4n) is 2.33. The van der Waals surface area contributed by atoms with E-state index in [1.54, 1.807) is 0 Å². The van der Waals surface area contributed by atoms with Gasteiger partial charge in [0.15, 0.2) is 0 Å². The van der Waals surface area contributed by atoms with Gasteiger partial charge in [0, 0.05) is 5.39 Å². The van der Waals surface area contributed by atoms with Crippen molar-refractivity contribution >= 4 is 11.0 Å². The maximum Gasteiger partial charge on any atom is 0.134 e. The molecular formula is C14H16O2. The van der Waals surface area contributed by atoms with Gasteiger partial charge in [-0.05, 0) is 24.5 Å². The Morgan fingerprint density at radius 1 is 1.31 bits per heavy atom. The van der Waals surface area contributed by atoms with E-state index in [1.807, 2.05) is 30.3 Å². The molecule has 0 saturated heterocycles. The average molecular weight is 216 g/mol. The molecule has 0 bridgehead atoms. The minimum absolute atomic E-state index is 0.433. The summed E-state index contributed by atoms with van der Waals surface area (Å²) in [6.45, 7) is 0. The van der Waals surface area contributed by atoms with E-state index in [9.17, 15) is 5.11 Å². The van der Waals surface area contributed by atoms with E-state index < -0.39 is 6.10 Å². The van der Waals surface area contributed by atoms with Crippen LogP contribution in [0, 0.1) is 5.92 Å². The van der Waals surface area contributed by atoms with E-state index >= 15 is 0 Å². The molecule has 1 unspecified atom stereocenters. The number of aliphatic hydroxyl groups excluding tert-OH is 1. The van der Waals surface area contributed by atoms with Crippen molar-refractivity contribution in [3.63, 3.8) is 0 Å². The van der Waals surface area contributed by atoms with Crippen LogP contribution in [0.4, 0.5) is 0 Å². The molecule has 0 amide bonds. The maximum atomic E-state index is 10.1. The highest BCUT2D eigenvalue weighted by atomic mass is 16.4.